The smallest absolute Gasteiger partial charge is 0.164 e. The van der Waals surface area contributed by atoms with Crippen LogP contribution in [0.1, 0.15) is 27.2 Å². The molecule has 0 spiro atoms. The first-order chi connectivity index (χ1) is 5.68. The van der Waals surface area contributed by atoms with Crippen molar-refractivity contribution in [1.82, 2.24) is 0 Å². The first-order valence-corrected chi connectivity index (χ1v) is 4.57. The minimum Gasteiger partial charge on any atom is -0.294 e. The number of carbonyl (C=O) groups is 1. The highest BCUT2D eigenvalue weighted by Gasteiger charge is 2.27. The molecule has 62 valence electrons. The van der Waals surface area contributed by atoms with Crippen molar-refractivity contribution in [2.75, 3.05) is 0 Å². The second kappa shape index (κ2) is 2.66. The summed E-state index contributed by atoms with van der Waals surface area (Å²) >= 11 is 3.36. The average Bonchev–Trinajstić information content (AvgIpc) is 2.28. The highest BCUT2D eigenvalue weighted by molar-refractivity contribution is 9.09. The minimum atomic E-state index is -0.344. The Bertz CT molecular complexity index is 348. The van der Waals surface area contributed by atoms with E-state index in [9.17, 15) is 9.18 Å². The number of hydrogen-bond acceptors (Lipinski definition) is 1. The summed E-state index contributed by atoms with van der Waals surface area (Å²) < 4.78 is 12.7. The van der Waals surface area contributed by atoms with Gasteiger partial charge in [-0.1, -0.05) is 22.0 Å². The van der Waals surface area contributed by atoms with Gasteiger partial charge in [0.1, 0.15) is 5.82 Å². The quantitative estimate of drug-likeness (QED) is 0.625. The first kappa shape index (κ1) is 7.92. The zero-order valence-corrected chi connectivity index (χ0v) is 7.77. The van der Waals surface area contributed by atoms with Crippen LogP contribution in [0.5, 0.6) is 0 Å². The largest absolute Gasteiger partial charge is 0.294 e. The van der Waals surface area contributed by atoms with E-state index in [0.29, 0.717) is 12.0 Å². The standard InChI is InChI=1S/C9H6BrFO/c10-8-4-9(12)7-3-5(11)1-2-6(7)8/h1-3,8H,4H2. The van der Waals surface area contributed by atoms with E-state index < -0.39 is 0 Å². The number of ketones is 1. The van der Waals surface area contributed by atoms with Gasteiger partial charge in [-0.25, -0.2) is 4.39 Å². The van der Waals surface area contributed by atoms with Gasteiger partial charge in [0.2, 0.25) is 0 Å². The molecule has 0 fully saturated rings. The molecule has 1 aromatic carbocycles. The van der Waals surface area contributed by atoms with Gasteiger partial charge in [0.05, 0.1) is 0 Å². The molecule has 0 bridgehead atoms. The Hall–Kier alpha value is -0.700. The van der Waals surface area contributed by atoms with Crippen LogP contribution in [0.25, 0.3) is 0 Å². The summed E-state index contributed by atoms with van der Waals surface area (Å²) in [5.74, 6) is -0.324. The second-order valence-electron chi connectivity index (χ2n) is 2.83. The summed E-state index contributed by atoms with van der Waals surface area (Å²) in [6.07, 6.45) is 0.443. The van der Waals surface area contributed by atoms with Crippen molar-refractivity contribution >= 4 is 21.7 Å². The number of benzene rings is 1. The zero-order valence-electron chi connectivity index (χ0n) is 6.18. The maximum absolute atomic E-state index is 12.7. The van der Waals surface area contributed by atoms with Gasteiger partial charge in [0.25, 0.3) is 0 Å². The lowest BCUT2D eigenvalue weighted by Gasteiger charge is -1.99. The molecule has 0 heterocycles. The Kier molecular flexibility index (Phi) is 1.76. The lowest BCUT2D eigenvalue weighted by Crippen LogP contribution is -1.91. The average molecular weight is 229 g/mol. The Morgan fingerprint density at radius 3 is 3.00 bits per heavy atom. The maximum atomic E-state index is 12.7. The summed E-state index contributed by atoms with van der Waals surface area (Å²) in [6.45, 7) is 0. The molecule has 0 aromatic heterocycles. The topological polar surface area (TPSA) is 17.1 Å². The number of fused-ring (bicyclic) bond motifs is 1. The number of rotatable bonds is 0. The molecule has 1 atom stereocenters. The van der Waals surface area contributed by atoms with Crippen LogP contribution in [0.3, 0.4) is 0 Å². The second-order valence-corrected chi connectivity index (χ2v) is 3.93. The molecule has 1 unspecified atom stereocenters. The van der Waals surface area contributed by atoms with Crippen molar-refractivity contribution in [3.63, 3.8) is 0 Å². The number of halogens is 2. The van der Waals surface area contributed by atoms with Crippen LogP contribution in [-0.4, -0.2) is 5.78 Å². The van der Waals surface area contributed by atoms with Gasteiger partial charge in [-0.05, 0) is 17.7 Å². The molecule has 2 rings (SSSR count). The summed E-state index contributed by atoms with van der Waals surface area (Å²) in [5.41, 5.74) is 1.43. The van der Waals surface area contributed by atoms with Crippen molar-refractivity contribution in [2.24, 2.45) is 0 Å². The third-order valence-corrected chi connectivity index (χ3v) is 2.83. The van der Waals surface area contributed by atoms with Crippen LogP contribution in [0.15, 0.2) is 18.2 Å². The van der Waals surface area contributed by atoms with Crippen molar-refractivity contribution in [2.45, 2.75) is 11.2 Å². The van der Waals surface area contributed by atoms with E-state index in [1.165, 1.54) is 12.1 Å². The minimum absolute atomic E-state index is 0.0198. The lowest BCUT2D eigenvalue weighted by molar-refractivity contribution is 0.0994. The van der Waals surface area contributed by atoms with Crippen molar-refractivity contribution in [1.29, 1.82) is 0 Å². The molecule has 1 aliphatic carbocycles. The Morgan fingerprint density at radius 1 is 1.50 bits per heavy atom. The predicted molar refractivity (Wildman–Crippen MR) is 47.0 cm³/mol. The molecule has 1 aromatic rings. The van der Waals surface area contributed by atoms with Crippen LogP contribution in [0.2, 0.25) is 0 Å². The van der Waals surface area contributed by atoms with E-state index >= 15 is 0 Å². The summed E-state index contributed by atoms with van der Waals surface area (Å²) in [4.78, 5) is 11.3. The van der Waals surface area contributed by atoms with E-state index in [4.69, 9.17) is 0 Å². The van der Waals surface area contributed by atoms with E-state index in [2.05, 4.69) is 15.9 Å². The molecule has 0 radical (unpaired) electrons. The molecule has 0 saturated carbocycles. The van der Waals surface area contributed by atoms with Crippen LogP contribution in [0, 0.1) is 5.82 Å². The highest BCUT2D eigenvalue weighted by atomic mass is 79.9. The van der Waals surface area contributed by atoms with E-state index in [1.807, 2.05) is 0 Å². The fraction of sp³-hybridized carbons (Fsp3) is 0.222. The summed E-state index contributed by atoms with van der Waals surface area (Å²) in [6, 6.07) is 4.35. The molecular formula is C9H6BrFO. The number of hydrogen-bond donors (Lipinski definition) is 0. The third-order valence-electron chi connectivity index (χ3n) is 2.02. The number of alkyl halides is 1. The summed E-state index contributed by atoms with van der Waals surface area (Å²) in [5, 5.41) is 0. The SMILES string of the molecule is O=C1CC(Br)c2ccc(F)cc21. The molecule has 3 heteroatoms. The highest BCUT2D eigenvalue weighted by Crippen LogP contribution is 2.37. The van der Waals surface area contributed by atoms with E-state index in [1.54, 1.807) is 6.07 Å². The molecule has 12 heavy (non-hydrogen) atoms. The number of Topliss-reactive ketones (excluding diaryl/α,β-unsaturated/α-hetero) is 1. The molecule has 0 N–H and O–H groups in total. The van der Waals surface area contributed by atoms with Gasteiger partial charge in [0, 0.05) is 16.8 Å². The van der Waals surface area contributed by atoms with E-state index in [-0.39, 0.29) is 16.4 Å². The Morgan fingerprint density at radius 2 is 2.25 bits per heavy atom. The van der Waals surface area contributed by atoms with Gasteiger partial charge in [-0.3, -0.25) is 4.79 Å². The van der Waals surface area contributed by atoms with Gasteiger partial charge >= 0.3 is 0 Å². The van der Waals surface area contributed by atoms with Gasteiger partial charge in [-0.15, -0.1) is 0 Å². The fourth-order valence-electron chi connectivity index (χ4n) is 1.43. The lowest BCUT2D eigenvalue weighted by atomic mass is 10.1. The van der Waals surface area contributed by atoms with E-state index in [0.717, 1.165) is 5.56 Å². The Balaban J connectivity index is 2.60. The van der Waals surface area contributed by atoms with Gasteiger partial charge in [-0.2, -0.15) is 0 Å². The zero-order chi connectivity index (χ0) is 8.72. The molecule has 0 saturated heterocycles. The van der Waals surface area contributed by atoms with Crippen LogP contribution in [0.4, 0.5) is 4.39 Å². The van der Waals surface area contributed by atoms with Crippen LogP contribution < -0.4 is 0 Å². The first-order valence-electron chi connectivity index (χ1n) is 3.65. The summed E-state index contributed by atoms with van der Waals surface area (Å²) in [7, 11) is 0. The predicted octanol–water partition coefficient (Wildman–Crippen LogP) is 2.85. The third kappa shape index (κ3) is 1.08. The van der Waals surface area contributed by atoms with Crippen molar-refractivity contribution in [3.05, 3.63) is 35.1 Å². The van der Waals surface area contributed by atoms with Gasteiger partial charge < -0.3 is 0 Å². The molecular weight excluding hydrogens is 223 g/mol. The molecule has 1 aliphatic rings. The molecule has 0 aliphatic heterocycles. The van der Waals surface area contributed by atoms with Crippen LogP contribution >= 0.6 is 15.9 Å². The molecule has 0 amide bonds. The van der Waals surface area contributed by atoms with Crippen molar-refractivity contribution < 1.29 is 9.18 Å². The monoisotopic (exact) mass is 228 g/mol. The maximum Gasteiger partial charge on any atom is 0.164 e. The fourth-order valence-corrected chi connectivity index (χ4v) is 2.12. The molecule has 1 nitrogen and oxygen atoms in total. The van der Waals surface area contributed by atoms with Gasteiger partial charge in [0.15, 0.2) is 5.78 Å². The number of carbonyl (C=O) groups excluding carboxylic acids is 1. The Labute approximate surface area is 77.7 Å². The van der Waals surface area contributed by atoms with Crippen LogP contribution in [-0.2, 0) is 0 Å². The normalized spacial score (nSPS) is 21.2. The van der Waals surface area contributed by atoms with Crippen molar-refractivity contribution in [3.8, 4) is 0 Å².